The Morgan fingerprint density at radius 3 is 2.11 bits per heavy atom. The summed E-state index contributed by atoms with van der Waals surface area (Å²) in [6, 6.07) is 6.29. The van der Waals surface area contributed by atoms with E-state index in [4.69, 9.17) is 14.5 Å². The molecule has 1 aromatic rings. The molecular formula is C10H10NO7P. The summed E-state index contributed by atoms with van der Waals surface area (Å²) in [6.07, 6.45) is 0. The molecule has 102 valence electrons. The molecule has 2 N–H and O–H groups in total. The lowest BCUT2D eigenvalue weighted by atomic mass is 10.1. The molecule has 0 unspecified atom stereocenters. The highest BCUT2D eigenvalue weighted by atomic mass is 31.2. The van der Waals surface area contributed by atoms with E-state index in [1.54, 1.807) is 12.1 Å². The van der Waals surface area contributed by atoms with Gasteiger partial charge in [0.2, 0.25) is 0 Å². The molecule has 1 heterocycles. The summed E-state index contributed by atoms with van der Waals surface area (Å²) in [5.41, 5.74) is 0.541. The molecule has 0 saturated heterocycles. The largest absolute Gasteiger partial charge is 0.471 e. The monoisotopic (exact) mass is 287 g/mol. The zero-order valence-electron chi connectivity index (χ0n) is 9.55. The van der Waals surface area contributed by atoms with E-state index in [0.717, 1.165) is 4.90 Å². The van der Waals surface area contributed by atoms with Crippen molar-refractivity contribution in [3.63, 3.8) is 0 Å². The minimum Gasteiger partial charge on any atom is -0.334 e. The Morgan fingerprint density at radius 2 is 1.63 bits per heavy atom. The van der Waals surface area contributed by atoms with E-state index in [9.17, 15) is 14.2 Å². The summed E-state index contributed by atoms with van der Waals surface area (Å²) in [6.45, 7) is -1.16. The molecule has 0 spiro atoms. The maximum absolute atomic E-state index is 11.8. The van der Waals surface area contributed by atoms with Crippen LogP contribution in [0.5, 0.6) is 0 Å². The molecule has 0 radical (unpaired) electrons. The van der Waals surface area contributed by atoms with Gasteiger partial charge in [0.05, 0.1) is 11.1 Å². The van der Waals surface area contributed by atoms with Gasteiger partial charge < -0.3 is 14.5 Å². The van der Waals surface area contributed by atoms with Crippen molar-refractivity contribution >= 4 is 19.6 Å². The van der Waals surface area contributed by atoms with Crippen molar-refractivity contribution in [2.45, 2.75) is 0 Å². The normalized spacial score (nSPS) is 14.9. The van der Waals surface area contributed by atoms with Crippen LogP contribution in [0.1, 0.15) is 20.7 Å². The highest BCUT2D eigenvalue weighted by molar-refractivity contribution is 7.46. The van der Waals surface area contributed by atoms with E-state index >= 15 is 0 Å². The van der Waals surface area contributed by atoms with Crippen LogP contribution in [0.3, 0.4) is 0 Å². The number of hydrogen-bond acceptors (Lipinski definition) is 5. The smallest absolute Gasteiger partial charge is 0.334 e. The summed E-state index contributed by atoms with van der Waals surface area (Å²) in [5, 5.41) is 0. The molecule has 1 aromatic carbocycles. The summed E-state index contributed by atoms with van der Waals surface area (Å²) in [7, 11) is -4.63. The zero-order valence-corrected chi connectivity index (χ0v) is 10.4. The number of amides is 2. The summed E-state index contributed by atoms with van der Waals surface area (Å²) in [5.74, 6) is -1.03. The topological polar surface area (TPSA) is 113 Å². The number of phosphoric ester groups is 1. The third-order valence-electron chi connectivity index (χ3n) is 2.40. The van der Waals surface area contributed by atoms with Crippen LogP contribution in [-0.4, -0.2) is 40.0 Å². The van der Waals surface area contributed by atoms with E-state index < -0.39 is 33.2 Å². The van der Waals surface area contributed by atoms with Crippen molar-refractivity contribution in [2.75, 3.05) is 13.5 Å². The van der Waals surface area contributed by atoms with Gasteiger partial charge in [-0.15, -0.1) is 0 Å². The number of hydrogen-bond donors (Lipinski definition) is 2. The molecule has 0 saturated carbocycles. The number of rotatable bonds is 5. The van der Waals surface area contributed by atoms with Crippen LogP contribution in [0, 0.1) is 0 Å². The van der Waals surface area contributed by atoms with Gasteiger partial charge in [-0.05, 0) is 12.1 Å². The third-order valence-corrected chi connectivity index (χ3v) is 2.84. The van der Waals surface area contributed by atoms with Crippen LogP contribution in [0.2, 0.25) is 0 Å². The maximum Gasteiger partial charge on any atom is 0.471 e. The lowest BCUT2D eigenvalue weighted by Crippen LogP contribution is -2.32. The number of benzene rings is 1. The average molecular weight is 287 g/mol. The quantitative estimate of drug-likeness (QED) is 0.347. The Morgan fingerprint density at radius 1 is 1.11 bits per heavy atom. The van der Waals surface area contributed by atoms with Gasteiger partial charge >= 0.3 is 7.82 Å². The number of nitrogens with zero attached hydrogens (tertiary/aromatic N) is 1. The molecule has 2 rings (SSSR count). The molecule has 8 nitrogen and oxygen atoms in total. The van der Waals surface area contributed by atoms with Gasteiger partial charge in [0.25, 0.3) is 11.8 Å². The summed E-state index contributed by atoms with van der Waals surface area (Å²) < 4.78 is 19.1. The van der Waals surface area contributed by atoms with Crippen LogP contribution in [-0.2, 0) is 13.8 Å². The minimum atomic E-state index is -4.63. The van der Waals surface area contributed by atoms with Crippen molar-refractivity contribution in [1.29, 1.82) is 0 Å². The van der Waals surface area contributed by atoms with Crippen molar-refractivity contribution < 1.29 is 33.2 Å². The van der Waals surface area contributed by atoms with Crippen LogP contribution in [0.25, 0.3) is 0 Å². The molecule has 2 amide bonds. The zero-order chi connectivity index (χ0) is 14.0. The van der Waals surface area contributed by atoms with Crippen LogP contribution >= 0.6 is 7.82 Å². The van der Waals surface area contributed by atoms with E-state index in [0.29, 0.717) is 0 Å². The fourth-order valence-electron chi connectivity index (χ4n) is 1.59. The molecule has 1 aliphatic heterocycles. The van der Waals surface area contributed by atoms with Crippen molar-refractivity contribution in [2.24, 2.45) is 0 Å². The van der Waals surface area contributed by atoms with Crippen molar-refractivity contribution in [3.05, 3.63) is 35.4 Å². The van der Waals surface area contributed by atoms with E-state index in [1.807, 2.05) is 0 Å². The maximum atomic E-state index is 11.8. The van der Waals surface area contributed by atoms with Gasteiger partial charge in [0.15, 0.2) is 6.79 Å². The molecule has 9 heteroatoms. The Labute approximate surface area is 107 Å². The van der Waals surface area contributed by atoms with Crippen molar-refractivity contribution in [1.82, 2.24) is 4.90 Å². The highest BCUT2D eigenvalue weighted by Gasteiger charge is 2.35. The molecule has 0 aliphatic carbocycles. The molecule has 0 bridgehead atoms. The van der Waals surface area contributed by atoms with Gasteiger partial charge in [0.1, 0.15) is 6.73 Å². The van der Waals surface area contributed by atoms with E-state index in [2.05, 4.69) is 4.52 Å². The number of ether oxygens (including phenoxy) is 1. The lowest BCUT2D eigenvalue weighted by molar-refractivity contribution is -0.0362. The second-order valence-corrected chi connectivity index (χ2v) is 4.89. The summed E-state index contributed by atoms with van der Waals surface area (Å²) in [4.78, 5) is 41.3. The second-order valence-electron chi connectivity index (χ2n) is 3.65. The number of fused-ring (bicyclic) bond motifs is 1. The number of phosphoric acid groups is 1. The Kier molecular flexibility index (Phi) is 3.79. The Bertz CT molecular complexity index is 532. The Hall–Kier alpha value is -1.57. The molecular weight excluding hydrogens is 277 g/mol. The van der Waals surface area contributed by atoms with E-state index in [-0.39, 0.29) is 11.1 Å². The first-order valence-electron chi connectivity index (χ1n) is 5.13. The molecule has 0 fully saturated rings. The number of imide groups is 1. The first kappa shape index (κ1) is 13.9. The van der Waals surface area contributed by atoms with Crippen LogP contribution in [0.15, 0.2) is 24.3 Å². The number of carbonyl (C=O) groups excluding carboxylic acids is 2. The van der Waals surface area contributed by atoms with Crippen molar-refractivity contribution in [3.8, 4) is 0 Å². The molecule has 1 aliphatic rings. The SMILES string of the molecule is O=C1c2ccccc2C(=O)N1COCOP(=O)(O)O. The van der Waals surface area contributed by atoms with Gasteiger partial charge in [-0.25, -0.2) is 9.46 Å². The third kappa shape index (κ3) is 3.06. The first-order valence-corrected chi connectivity index (χ1v) is 6.66. The lowest BCUT2D eigenvalue weighted by Gasteiger charge is -2.14. The van der Waals surface area contributed by atoms with Crippen LogP contribution in [0.4, 0.5) is 0 Å². The average Bonchev–Trinajstić information content (AvgIpc) is 2.58. The predicted molar refractivity (Wildman–Crippen MR) is 60.9 cm³/mol. The van der Waals surface area contributed by atoms with Gasteiger partial charge in [0, 0.05) is 0 Å². The van der Waals surface area contributed by atoms with Gasteiger partial charge in [-0.3, -0.25) is 14.1 Å². The standard InChI is InChI=1S/C10H10NO7P/c12-9-7-3-1-2-4-8(7)10(13)11(9)5-17-6-18-19(14,15)16/h1-4H,5-6H2,(H2,14,15,16). The first-order chi connectivity index (χ1) is 8.90. The fourth-order valence-corrected chi connectivity index (χ4v) is 1.80. The van der Waals surface area contributed by atoms with Gasteiger partial charge in [-0.1, -0.05) is 12.1 Å². The van der Waals surface area contributed by atoms with Crippen LogP contribution < -0.4 is 0 Å². The number of carbonyl (C=O) groups is 2. The Balaban J connectivity index is 1.95. The molecule has 0 aromatic heterocycles. The summed E-state index contributed by atoms with van der Waals surface area (Å²) >= 11 is 0. The minimum absolute atomic E-state index is 0.270. The van der Waals surface area contributed by atoms with Gasteiger partial charge in [-0.2, -0.15) is 0 Å². The highest BCUT2D eigenvalue weighted by Crippen LogP contribution is 2.35. The second kappa shape index (κ2) is 5.20. The fraction of sp³-hybridized carbons (Fsp3) is 0.200. The predicted octanol–water partition coefficient (Wildman–Crippen LogP) is 0.323. The molecule has 19 heavy (non-hydrogen) atoms. The molecule has 0 atom stereocenters. The van der Waals surface area contributed by atoms with E-state index in [1.165, 1.54) is 12.1 Å².